The van der Waals surface area contributed by atoms with E-state index in [1.54, 1.807) is 0 Å². The quantitative estimate of drug-likeness (QED) is 0.0905. The van der Waals surface area contributed by atoms with Crippen LogP contribution in [0.1, 0.15) is 17.2 Å². The van der Waals surface area contributed by atoms with Gasteiger partial charge in [0.05, 0.1) is 25.9 Å². The van der Waals surface area contributed by atoms with Gasteiger partial charge in [-0.2, -0.15) is 0 Å². The first kappa shape index (κ1) is 37.9. The van der Waals surface area contributed by atoms with Gasteiger partial charge in [0.25, 0.3) is 0 Å². The molecule has 0 bridgehead atoms. The second kappa shape index (κ2) is 17.7. The van der Waals surface area contributed by atoms with Gasteiger partial charge in [-0.15, -0.1) is 0 Å². The molecule has 272 valence electrons. The molecule has 15 nitrogen and oxygen atoms in total. The van der Waals surface area contributed by atoms with Gasteiger partial charge < -0.3 is 59.4 Å². The van der Waals surface area contributed by atoms with Gasteiger partial charge in [0.1, 0.15) is 55.4 Å². The molecule has 0 radical (unpaired) electrons. The van der Waals surface area contributed by atoms with Crippen LogP contribution >= 0.6 is 11.6 Å². The molecule has 0 spiro atoms. The van der Waals surface area contributed by atoms with Crippen molar-refractivity contribution in [2.24, 2.45) is 0 Å². The molecule has 0 aromatic heterocycles. The molecule has 6 unspecified atom stereocenters. The molecular weight excluding hydrogens is 668 g/mol. The summed E-state index contributed by atoms with van der Waals surface area (Å²) in [5.41, 5.74) is 2.36. The average Bonchev–Trinajstić information content (AvgIpc) is 3.12. The van der Waals surface area contributed by atoms with Gasteiger partial charge in [0.2, 0.25) is 6.29 Å². The number of halogens is 1. The first-order chi connectivity index (χ1) is 23.6. The summed E-state index contributed by atoms with van der Waals surface area (Å²) in [7, 11) is 0. The Morgan fingerprint density at radius 3 is 2.04 bits per heavy atom. The van der Waals surface area contributed by atoms with Gasteiger partial charge in [0.15, 0.2) is 6.29 Å². The van der Waals surface area contributed by atoms with Crippen LogP contribution in [0.15, 0.2) is 54.6 Å². The highest BCUT2D eigenvalue weighted by atomic mass is 35.5. The molecule has 5 rings (SSSR count). The minimum Gasteiger partial charge on any atom is -0.431 e. The smallest absolute Gasteiger partial charge is 0.334 e. The van der Waals surface area contributed by atoms with E-state index in [0.717, 1.165) is 31.7 Å². The normalized spacial score (nSPS) is 33.6. The second-order valence-electron chi connectivity index (χ2n) is 12.3. The Morgan fingerprint density at radius 1 is 0.776 bits per heavy atom. The molecule has 0 amide bonds. The Bertz CT molecular complexity index is 1300. The van der Waals surface area contributed by atoms with Crippen LogP contribution in [0.4, 0.5) is 0 Å². The summed E-state index contributed by atoms with van der Waals surface area (Å²) in [6.45, 7) is 2.10. The van der Waals surface area contributed by atoms with Crippen LogP contribution in [0.5, 0.6) is 0 Å². The molecule has 2 aromatic carbocycles. The number of hydrogen-bond acceptors (Lipinski definition) is 15. The number of hydrogen-bond donors (Lipinski definition) is 7. The van der Waals surface area contributed by atoms with E-state index in [1.165, 1.54) is 5.56 Å². The van der Waals surface area contributed by atoms with Crippen molar-refractivity contribution in [1.29, 1.82) is 0 Å². The third-order valence-electron chi connectivity index (χ3n) is 9.05. The molecule has 3 heterocycles. The van der Waals surface area contributed by atoms with Gasteiger partial charge in [0, 0.05) is 37.7 Å². The lowest BCUT2D eigenvalue weighted by molar-refractivity contribution is -0.356. The first-order valence-electron chi connectivity index (χ1n) is 16.2. The van der Waals surface area contributed by atoms with Gasteiger partial charge in [-0.1, -0.05) is 54.1 Å². The fourth-order valence-corrected chi connectivity index (χ4v) is 6.43. The maximum absolute atomic E-state index is 12.5. The standard InChI is InChI=1S/C33H45ClN2O13/c34-21-8-6-20(7-9-21)25(19-4-2-1-3-5-19)36-12-10-35(11-13-36)14-15-45-18-24(39)48-32-30(44)28(42)31(23(17-38)47-32)49-33-29(43)27(41)26(40)22(16-37)46-33/h1-9,22-23,25-33,37-38,40-44H,10-18H2/t22?,23?,25?,26-,27-,28+,29?,30?,31+,32?,33-/m0/s1. The van der Waals surface area contributed by atoms with Gasteiger partial charge in [-0.05, 0) is 23.3 Å². The van der Waals surface area contributed by atoms with Crippen molar-refractivity contribution in [2.45, 2.75) is 67.5 Å². The number of aliphatic hydroxyl groups is 7. The summed E-state index contributed by atoms with van der Waals surface area (Å²) in [4.78, 5) is 17.2. The summed E-state index contributed by atoms with van der Waals surface area (Å²) in [5, 5.41) is 71.5. The number of nitrogens with zero attached hydrogens (tertiary/aromatic N) is 2. The highest BCUT2D eigenvalue weighted by Crippen LogP contribution is 2.31. The fourth-order valence-electron chi connectivity index (χ4n) is 6.31. The number of carbonyl (C=O) groups excluding carboxylic acids is 1. The molecule has 2 aromatic rings. The molecular formula is C33H45ClN2O13. The number of carbonyl (C=O) groups is 1. The van der Waals surface area contributed by atoms with E-state index in [1.807, 2.05) is 30.3 Å². The number of piperazine rings is 1. The lowest BCUT2D eigenvalue weighted by atomic mass is 9.96. The van der Waals surface area contributed by atoms with Crippen LogP contribution in [-0.2, 0) is 28.5 Å². The zero-order valence-electron chi connectivity index (χ0n) is 26.8. The molecule has 49 heavy (non-hydrogen) atoms. The Morgan fingerprint density at radius 2 is 1.39 bits per heavy atom. The van der Waals surface area contributed by atoms with E-state index >= 15 is 0 Å². The van der Waals surface area contributed by atoms with Gasteiger partial charge in [-0.25, -0.2) is 4.79 Å². The number of benzene rings is 2. The molecule has 3 aliphatic heterocycles. The zero-order valence-corrected chi connectivity index (χ0v) is 27.5. The predicted octanol–water partition coefficient (Wildman–Crippen LogP) is -1.77. The predicted molar refractivity (Wildman–Crippen MR) is 171 cm³/mol. The van der Waals surface area contributed by atoms with Crippen LogP contribution in [0, 0.1) is 0 Å². The minimum absolute atomic E-state index is 0.0857. The van der Waals surface area contributed by atoms with Crippen LogP contribution in [-0.4, -0.2) is 172 Å². The number of rotatable bonds is 13. The monoisotopic (exact) mass is 712 g/mol. The molecule has 0 saturated carbocycles. The first-order valence-corrected chi connectivity index (χ1v) is 16.6. The van der Waals surface area contributed by atoms with E-state index in [-0.39, 0.29) is 12.6 Å². The molecule has 16 heteroatoms. The summed E-state index contributed by atoms with van der Waals surface area (Å²) < 4.78 is 27.0. The summed E-state index contributed by atoms with van der Waals surface area (Å²) in [5.74, 6) is -0.875. The van der Waals surface area contributed by atoms with E-state index in [4.69, 9.17) is 35.3 Å². The Kier molecular flexibility index (Phi) is 13.7. The SMILES string of the molecule is O=C(COCCN1CCN(C(c2ccccc2)c2ccc(Cl)cc2)CC1)OC1OC(CO)[C@@H](O[C@@H]2OC(CO)[C@H](O)[C@H](O)C2O)[C@H](O)C1O. The van der Waals surface area contributed by atoms with Crippen molar-refractivity contribution in [3.05, 3.63) is 70.7 Å². The third kappa shape index (κ3) is 9.32. The lowest BCUT2D eigenvalue weighted by Gasteiger charge is -2.45. The maximum Gasteiger partial charge on any atom is 0.334 e. The summed E-state index contributed by atoms with van der Waals surface area (Å²) in [6.07, 6.45) is -16.3. The van der Waals surface area contributed by atoms with Gasteiger partial charge in [-0.3, -0.25) is 9.80 Å². The molecule has 3 fully saturated rings. The molecule has 7 N–H and O–H groups in total. The van der Waals surface area contributed by atoms with Crippen molar-refractivity contribution in [1.82, 2.24) is 9.80 Å². The topological polar surface area (TPSA) is 211 Å². The van der Waals surface area contributed by atoms with Crippen molar-refractivity contribution < 1.29 is 64.2 Å². The average molecular weight is 713 g/mol. The van der Waals surface area contributed by atoms with Crippen molar-refractivity contribution in [3.63, 3.8) is 0 Å². The number of ether oxygens (including phenoxy) is 5. The van der Waals surface area contributed by atoms with Crippen LogP contribution in [0.25, 0.3) is 0 Å². The van der Waals surface area contributed by atoms with Crippen molar-refractivity contribution in [2.75, 3.05) is 59.2 Å². The zero-order chi connectivity index (χ0) is 35.1. The van der Waals surface area contributed by atoms with E-state index in [2.05, 4.69) is 34.1 Å². The van der Waals surface area contributed by atoms with Crippen LogP contribution < -0.4 is 0 Å². The Labute approximate surface area is 288 Å². The maximum atomic E-state index is 12.5. The summed E-state index contributed by atoms with van der Waals surface area (Å²) >= 11 is 6.14. The fraction of sp³-hybridized carbons (Fsp3) is 0.606. The van der Waals surface area contributed by atoms with Crippen molar-refractivity contribution in [3.8, 4) is 0 Å². The second-order valence-corrected chi connectivity index (χ2v) is 12.7. The summed E-state index contributed by atoms with van der Waals surface area (Å²) in [6, 6.07) is 18.3. The van der Waals surface area contributed by atoms with E-state index < -0.39 is 87.2 Å². The van der Waals surface area contributed by atoms with Crippen LogP contribution in [0.3, 0.4) is 0 Å². The minimum atomic E-state index is -1.83. The highest BCUT2D eigenvalue weighted by Gasteiger charge is 2.51. The van der Waals surface area contributed by atoms with Crippen LogP contribution in [0.2, 0.25) is 5.02 Å². The van der Waals surface area contributed by atoms with Gasteiger partial charge >= 0.3 is 5.97 Å². The molecule has 3 saturated heterocycles. The third-order valence-corrected chi connectivity index (χ3v) is 9.30. The Balaban J connectivity index is 1.05. The highest BCUT2D eigenvalue weighted by molar-refractivity contribution is 6.30. The molecule has 0 aliphatic carbocycles. The van der Waals surface area contributed by atoms with Crippen molar-refractivity contribution >= 4 is 17.6 Å². The number of aliphatic hydroxyl groups excluding tert-OH is 7. The lowest BCUT2D eigenvalue weighted by Crippen LogP contribution is -2.64. The number of esters is 1. The molecule has 3 aliphatic rings. The Hall–Kier alpha value is -2.32. The van der Waals surface area contributed by atoms with E-state index in [9.17, 15) is 40.5 Å². The largest absolute Gasteiger partial charge is 0.431 e. The van der Waals surface area contributed by atoms with E-state index in [0.29, 0.717) is 11.6 Å². The molecule has 11 atom stereocenters.